The fourth-order valence-corrected chi connectivity index (χ4v) is 2.58. The molecule has 88 valence electrons. The Labute approximate surface area is 98.0 Å². The van der Waals surface area contributed by atoms with Crippen LogP contribution < -0.4 is 0 Å². The van der Waals surface area contributed by atoms with Crippen LogP contribution in [-0.4, -0.2) is 29.8 Å². The van der Waals surface area contributed by atoms with Crippen molar-refractivity contribution in [3.63, 3.8) is 0 Å². The van der Waals surface area contributed by atoms with Crippen LogP contribution in [0.15, 0.2) is 0 Å². The number of rotatable bonds is 4. The molecule has 0 spiro atoms. The van der Waals surface area contributed by atoms with Gasteiger partial charge in [0.1, 0.15) is 0 Å². The van der Waals surface area contributed by atoms with Gasteiger partial charge in [-0.2, -0.15) is 0 Å². The summed E-state index contributed by atoms with van der Waals surface area (Å²) in [5.41, 5.74) is 0. The van der Waals surface area contributed by atoms with E-state index in [1.165, 1.54) is 6.42 Å². The van der Waals surface area contributed by atoms with E-state index in [4.69, 9.17) is 11.6 Å². The van der Waals surface area contributed by atoms with E-state index in [0.29, 0.717) is 30.0 Å². The van der Waals surface area contributed by atoms with Crippen molar-refractivity contribution < 1.29 is 4.79 Å². The molecule has 0 N–H and O–H groups in total. The van der Waals surface area contributed by atoms with Crippen molar-refractivity contribution >= 4 is 17.5 Å². The molecular formula is C12H22ClNO. The van der Waals surface area contributed by atoms with Gasteiger partial charge in [-0.15, -0.1) is 11.6 Å². The van der Waals surface area contributed by atoms with Gasteiger partial charge in [0.25, 0.3) is 0 Å². The number of nitrogens with zero attached hydrogens (tertiary/aromatic N) is 1. The Kier molecular flexibility index (Phi) is 5.44. The number of alkyl halides is 1. The molecule has 0 aromatic heterocycles. The van der Waals surface area contributed by atoms with E-state index in [-0.39, 0.29) is 0 Å². The van der Waals surface area contributed by atoms with E-state index in [0.717, 1.165) is 25.9 Å². The lowest BCUT2D eigenvalue weighted by Crippen LogP contribution is -2.42. The van der Waals surface area contributed by atoms with E-state index in [2.05, 4.69) is 13.8 Å². The first-order valence-electron chi connectivity index (χ1n) is 5.97. The molecule has 0 saturated carbocycles. The van der Waals surface area contributed by atoms with Crippen LogP contribution >= 0.6 is 11.6 Å². The lowest BCUT2D eigenvalue weighted by molar-refractivity contribution is -0.133. The second-order valence-electron chi connectivity index (χ2n) is 4.89. The smallest absolute Gasteiger partial charge is 0.222 e. The summed E-state index contributed by atoms with van der Waals surface area (Å²) in [5.74, 6) is 2.30. The second kappa shape index (κ2) is 6.37. The monoisotopic (exact) mass is 231 g/mol. The second-order valence-corrected chi connectivity index (χ2v) is 5.27. The van der Waals surface area contributed by atoms with Crippen LogP contribution in [-0.2, 0) is 4.79 Å². The van der Waals surface area contributed by atoms with Gasteiger partial charge in [-0.3, -0.25) is 4.79 Å². The summed E-state index contributed by atoms with van der Waals surface area (Å²) < 4.78 is 0. The molecule has 15 heavy (non-hydrogen) atoms. The van der Waals surface area contributed by atoms with Gasteiger partial charge in [-0.05, 0) is 31.1 Å². The number of hydrogen-bond acceptors (Lipinski definition) is 1. The maximum absolute atomic E-state index is 11.8. The van der Waals surface area contributed by atoms with Gasteiger partial charge in [0.05, 0.1) is 0 Å². The molecule has 3 heteroatoms. The van der Waals surface area contributed by atoms with E-state index in [1.54, 1.807) is 0 Å². The number of halogens is 1. The number of piperidine rings is 1. The summed E-state index contributed by atoms with van der Waals surface area (Å²) in [5, 5.41) is 0. The molecule has 1 heterocycles. The highest BCUT2D eigenvalue weighted by Gasteiger charge is 2.24. The van der Waals surface area contributed by atoms with Gasteiger partial charge in [0, 0.05) is 25.4 Å². The molecule has 1 rings (SSSR count). The average molecular weight is 232 g/mol. The zero-order valence-corrected chi connectivity index (χ0v) is 10.6. The Bertz CT molecular complexity index is 198. The summed E-state index contributed by atoms with van der Waals surface area (Å²) in [4.78, 5) is 13.9. The molecule has 0 aromatic rings. The zero-order chi connectivity index (χ0) is 11.3. The first-order valence-corrected chi connectivity index (χ1v) is 6.50. The van der Waals surface area contributed by atoms with Gasteiger partial charge in [0.15, 0.2) is 0 Å². The van der Waals surface area contributed by atoms with Crippen molar-refractivity contribution in [2.24, 2.45) is 11.8 Å². The van der Waals surface area contributed by atoms with E-state index in [1.807, 2.05) is 4.90 Å². The van der Waals surface area contributed by atoms with Gasteiger partial charge in [-0.1, -0.05) is 13.8 Å². The normalized spacial score (nSPS) is 26.7. The molecule has 2 unspecified atom stereocenters. The molecule has 2 atom stereocenters. The van der Waals surface area contributed by atoms with Gasteiger partial charge in [-0.25, -0.2) is 0 Å². The van der Waals surface area contributed by atoms with E-state index in [9.17, 15) is 4.79 Å². The molecular weight excluding hydrogens is 210 g/mol. The largest absolute Gasteiger partial charge is 0.342 e. The molecule has 2 nitrogen and oxygen atoms in total. The predicted octanol–water partition coefficient (Wildman–Crippen LogP) is 2.90. The maximum Gasteiger partial charge on any atom is 0.222 e. The fraction of sp³-hybridized carbons (Fsp3) is 0.917. The molecule has 1 fully saturated rings. The first kappa shape index (κ1) is 12.8. The highest BCUT2D eigenvalue weighted by molar-refractivity contribution is 6.17. The van der Waals surface area contributed by atoms with Crippen LogP contribution in [0.5, 0.6) is 0 Å². The molecule has 1 amide bonds. The minimum atomic E-state index is 0.318. The maximum atomic E-state index is 11.8. The molecule has 0 aliphatic carbocycles. The van der Waals surface area contributed by atoms with Crippen LogP contribution in [0.4, 0.5) is 0 Å². The SMILES string of the molecule is CC1CC(C)CN(C(=O)CCCCCl)C1. The molecule has 0 aromatic carbocycles. The minimum absolute atomic E-state index is 0.318. The van der Waals surface area contributed by atoms with E-state index < -0.39 is 0 Å². The number of amides is 1. The molecule has 0 bridgehead atoms. The summed E-state index contributed by atoms with van der Waals surface area (Å²) in [6.45, 7) is 6.36. The van der Waals surface area contributed by atoms with Crippen LogP contribution in [0, 0.1) is 11.8 Å². The quantitative estimate of drug-likeness (QED) is 0.538. The predicted molar refractivity (Wildman–Crippen MR) is 64.1 cm³/mol. The summed E-state index contributed by atoms with van der Waals surface area (Å²) in [7, 11) is 0. The Hall–Kier alpha value is -0.240. The third-order valence-corrected chi connectivity index (χ3v) is 3.26. The zero-order valence-electron chi connectivity index (χ0n) is 9.84. The molecule has 0 radical (unpaired) electrons. The summed E-state index contributed by atoms with van der Waals surface area (Å²) in [6, 6.07) is 0. The molecule has 1 aliphatic heterocycles. The number of hydrogen-bond donors (Lipinski definition) is 0. The number of carbonyl (C=O) groups excluding carboxylic acids is 1. The van der Waals surface area contributed by atoms with Crippen molar-refractivity contribution in [3.05, 3.63) is 0 Å². The molecule has 1 aliphatic rings. The topological polar surface area (TPSA) is 20.3 Å². The summed E-state index contributed by atoms with van der Waals surface area (Å²) in [6.07, 6.45) is 3.81. The Morgan fingerprint density at radius 3 is 2.40 bits per heavy atom. The minimum Gasteiger partial charge on any atom is -0.342 e. The Morgan fingerprint density at radius 1 is 1.27 bits per heavy atom. The highest BCUT2D eigenvalue weighted by Crippen LogP contribution is 2.21. The fourth-order valence-electron chi connectivity index (χ4n) is 2.40. The van der Waals surface area contributed by atoms with Crippen molar-refractivity contribution in [1.29, 1.82) is 0 Å². The Morgan fingerprint density at radius 2 is 1.87 bits per heavy atom. The Balaban J connectivity index is 2.31. The van der Waals surface area contributed by atoms with Crippen LogP contribution in [0.25, 0.3) is 0 Å². The van der Waals surface area contributed by atoms with Crippen molar-refractivity contribution in [2.75, 3.05) is 19.0 Å². The first-order chi connectivity index (χ1) is 7.13. The number of likely N-dealkylation sites (tertiary alicyclic amines) is 1. The van der Waals surface area contributed by atoms with Crippen LogP contribution in [0.2, 0.25) is 0 Å². The van der Waals surface area contributed by atoms with Crippen LogP contribution in [0.3, 0.4) is 0 Å². The van der Waals surface area contributed by atoms with Crippen molar-refractivity contribution in [1.82, 2.24) is 4.90 Å². The van der Waals surface area contributed by atoms with E-state index >= 15 is 0 Å². The third-order valence-electron chi connectivity index (χ3n) is 3.00. The van der Waals surface area contributed by atoms with Crippen LogP contribution in [0.1, 0.15) is 39.5 Å². The standard InChI is InChI=1S/C12H22ClNO/c1-10-7-11(2)9-14(8-10)12(15)5-3-4-6-13/h10-11H,3-9H2,1-2H3. The number of unbranched alkanes of at least 4 members (excludes halogenated alkanes) is 1. The van der Waals surface area contributed by atoms with Gasteiger partial charge < -0.3 is 4.90 Å². The average Bonchev–Trinajstić information content (AvgIpc) is 2.16. The lowest BCUT2D eigenvalue weighted by atomic mass is 9.91. The summed E-state index contributed by atoms with van der Waals surface area (Å²) >= 11 is 5.59. The van der Waals surface area contributed by atoms with Gasteiger partial charge >= 0.3 is 0 Å². The lowest BCUT2D eigenvalue weighted by Gasteiger charge is -2.35. The highest BCUT2D eigenvalue weighted by atomic mass is 35.5. The molecule has 1 saturated heterocycles. The van der Waals surface area contributed by atoms with Crippen molar-refractivity contribution in [3.8, 4) is 0 Å². The third kappa shape index (κ3) is 4.42. The van der Waals surface area contributed by atoms with Crippen molar-refractivity contribution in [2.45, 2.75) is 39.5 Å². The number of carbonyl (C=O) groups is 1. The van der Waals surface area contributed by atoms with Gasteiger partial charge in [0.2, 0.25) is 5.91 Å².